The quantitative estimate of drug-likeness (QED) is 0.676. The lowest BCUT2D eigenvalue weighted by molar-refractivity contribution is -0.133. The van der Waals surface area contributed by atoms with Crippen molar-refractivity contribution in [3.05, 3.63) is 28.7 Å². The van der Waals surface area contributed by atoms with Gasteiger partial charge in [0.15, 0.2) is 0 Å². The van der Waals surface area contributed by atoms with Crippen molar-refractivity contribution in [3.8, 4) is 0 Å². The summed E-state index contributed by atoms with van der Waals surface area (Å²) in [5, 5.41) is 0. The fraction of sp³-hybridized carbons (Fsp3) is 0.533. The van der Waals surface area contributed by atoms with Crippen LogP contribution in [-0.4, -0.2) is 62.9 Å². The number of benzene rings is 1. The molecule has 1 saturated heterocycles. The van der Waals surface area contributed by atoms with Crippen LogP contribution in [0.25, 0.3) is 0 Å². The first-order valence-electron chi connectivity index (χ1n) is 7.56. The Morgan fingerprint density at radius 1 is 1.26 bits per heavy atom. The number of ether oxygens (including phenoxy) is 1. The van der Waals surface area contributed by atoms with Crippen LogP contribution in [-0.2, 0) is 19.6 Å². The molecule has 1 amide bonds. The molecular weight excluding hydrogens is 384 g/mol. The number of hydrogen-bond acceptors (Lipinski definition) is 4. The van der Waals surface area contributed by atoms with Crippen molar-refractivity contribution in [1.82, 2.24) is 9.21 Å². The maximum absolute atomic E-state index is 12.6. The van der Waals surface area contributed by atoms with Gasteiger partial charge in [-0.2, -0.15) is 4.31 Å². The Morgan fingerprint density at radius 2 is 1.96 bits per heavy atom. The number of piperazine rings is 1. The molecule has 1 aromatic rings. The van der Waals surface area contributed by atoms with Gasteiger partial charge in [-0.3, -0.25) is 4.79 Å². The maximum Gasteiger partial charge on any atom is 0.243 e. The number of rotatable bonds is 6. The van der Waals surface area contributed by atoms with Gasteiger partial charge >= 0.3 is 0 Å². The van der Waals surface area contributed by atoms with Gasteiger partial charge < -0.3 is 9.64 Å². The summed E-state index contributed by atoms with van der Waals surface area (Å²) in [5.74, 6) is 0.0120. The Morgan fingerprint density at radius 3 is 2.57 bits per heavy atom. The van der Waals surface area contributed by atoms with E-state index in [4.69, 9.17) is 4.74 Å². The zero-order valence-corrected chi connectivity index (χ0v) is 15.5. The lowest BCUT2D eigenvalue weighted by Crippen LogP contribution is -2.50. The second kappa shape index (κ2) is 8.23. The topological polar surface area (TPSA) is 66.9 Å². The first-order valence-corrected chi connectivity index (χ1v) is 9.79. The van der Waals surface area contributed by atoms with E-state index in [9.17, 15) is 13.2 Å². The van der Waals surface area contributed by atoms with Crippen LogP contribution >= 0.6 is 15.9 Å². The Hall–Kier alpha value is -0.960. The normalized spacial score (nSPS) is 16.5. The van der Waals surface area contributed by atoms with Gasteiger partial charge in [0.05, 0.1) is 17.9 Å². The largest absolute Gasteiger partial charge is 0.381 e. The molecule has 0 N–H and O–H groups in total. The SMILES string of the molecule is CCOCCC(=O)N1CCN(S(=O)(=O)c2cccc(Br)c2)CC1. The zero-order valence-electron chi connectivity index (χ0n) is 13.1. The minimum atomic E-state index is -3.51. The second-order valence-electron chi connectivity index (χ2n) is 5.19. The van der Waals surface area contributed by atoms with Crippen molar-refractivity contribution < 1.29 is 17.9 Å². The zero-order chi connectivity index (χ0) is 16.9. The molecular formula is C15H21BrN2O4S. The number of halogens is 1. The molecule has 0 aliphatic carbocycles. The number of hydrogen-bond donors (Lipinski definition) is 0. The molecule has 128 valence electrons. The average molecular weight is 405 g/mol. The van der Waals surface area contributed by atoms with E-state index in [2.05, 4.69) is 15.9 Å². The van der Waals surface area contributed by atoms with Gasteiger partial charge in [-0.1, -0.05) is 22.0 Å². The molecule has 0 unspecified atom stereocenters. The summed E-state index contributed by atoms with van der Waals surface area (Å²) in [5.41, 5.74) is 0. The molecule has 0 radical (unpaired) electrons. The Kier molecular flexibility index (Phi) is 6.58. The Labute approximate surface area is 145 Å². The first kappa shape index (κ1) is 18.4. The van der Waals surface area contributed by atoms with Gasteiger partial charge in [-0.05, 0) is 25.1 Å². The van der Waals surface area contributed by atoms with Gasteiger partial charge in [-0.15, -0.1) is 0 Å². The van der Waals surface area contributed by atoms with Gasteiger partial charge in [0, 0.05) is 37.3 Å². The molecule has 1 heterocycles. The molecule has 0 aromatic heterocycles. The van der Waals surface area contributed by atoms with Crippen LogP contribution in [0.1, 0.15) is 13.3 Å². The summed E-state index contributed by atoms with van der Waals surface area (Å²) in [7, 11) is -3.51. The van der Waals surface area contributed by atoms with E-state index in [-0.39, 0.29) is 10.8 Å². The van der Waals surface area contributed by atoms with Crippen molar-refractivity contribution >= 4 is 31.9 Å². The molecule has 1 aromatic carbocycles. The first-order chi connectivity index (χ1) is 10.9. The number of carbonyl (C=O) groups excluding carboxylic acids is 1. The van der Waals surface area contributed by atoms with Gasteiger partial charge in [0.25, 0.3) is 0 Å². The van der Waals surface area contributed by atoms with E-state index in [1.807, 2.05) is 6.92 Å². The smallest absolute Gasteiger partial charge is 0.243 e. The van der Waals surface area contributed by atoms with Gasteiger partial charge in [0.2, 0.25) is 15.9 Å². The van der Waals surface area contributed by atoms with E-state index in [1.165, 1.54) is 4.31 Å². The molecule has 1 aliphatic heterocycles. The van der Waals surface area contributed by atoms with Crippen LogP contribution in [0.2, 0.25) is 0 Å². The molecule has 8 heteroatoms. The molecule has 2 rings (SSSR count). The van der Waals surface area contributed by atoms with Crippen LogP contribution in [0.5, 0.6) is 0 Å². The van der Waals surface area contributed by atoms with Crippen molar-refractivity contribution in [3.63, 3.8) is 0 Å². The highest BCUT2D eigenvalue weighted by Crippen LogP contribution is 2.21. The van der Waals surface area contributed by atoms with Gasteiger partial charge in [0.1, 0.15) is 0 Å². The molecule has 0 atom stereocenters. The van der Waals surface area contributed by atoms with Crippen molar-refractivity contribution in [2.75, 3.05) is 39.4 Å². The highest BCUT2D eigenvalue weighted by molar-refractivity contribution is 9.10. The lowest BCUT2D eigenvalue weighted by atomic mass is 10.3. The summed E-state index contributed by atoms with van der Waals surface area (Å²) in [6.45, 7) is 4.34. The van der Waals surface area contributed by atoms with Crippen LogP contribution < -0.4 is 0 Å². The van der Waals surface area contributed by atoms with Gasteiger partial charge in [-0.25, -0.2) is 8.42 Å². The van der Waals surface area contributed by atoms with Crippen LogP contribution in [0.15, 0.2) is 33.6 Å². The van der Waals surface area contributed by atoms with Crippen LogP contribution in [0.3, 0.4) is 0 Å². The summed E-state index contributed by atoms with van der Waals surface area (Å²) >= 11 is 3.29. The minimum absolute atomic E-state index is 0.0120. The Balaban J connectivity index is 1.94. The van der Waals surface area contributed by atoms with E-state index in [1.54, 1.807) is 29.2 Å². The van der Waals surface area contributed by atoms with E-state index in [0.717, 1.165) is 4.47 Å². The second-order valence-corrected chi connectivity index (χ2v) is 8.04. The predicted molar refractivity (Wildman–Crippen MR) is 90.6 cm³/mol. The molecule has 1 aliphatic rings. The molecule has 23 heavy (non-hydrogen) atoms. The van der Waals surface area contributed by atoms with E-state index < -0.39 is 10.0 Å². The summed E-state index contributed by atoms with van der Waals surface area (Å²) < 4.78 is 32.6. The molecule has 1 fully saturated rings. The summed E-state index contributed by atoms with van der Waals surface area (Å²) in [6, 6.07) is 6.66. The Bertz CT molecular complexity index is 643. The number of nitrogens with zero attached hydrogens (tertiary/aromatic N) is 2. The number of sulfonamides is 1. The van der Waals surface area contributed by atoms with Crippen LogP contribution in [0.4, 0.5) is 0 Å². The molecule has 6 nitrogen and oxygen atoms in total. The predicted octanol–water partition coefficient (Wildman–Crippen LogP) is 1.71. The average Bonchev–Trinajstić information content (AvgIpc) is 2.55. The summed E-state index contributed by atoms with van der Waals surface area (Å²) in [6.07, 6.45) is 0.340. The van der Waals surface area contributed by atoms with Crippen molar-refractivity contribution in [2.24, 2.45) is 0 Å². The number of amides is 1. The monoisotopic (exact) mass is 404 g/mol. The minimum Gasteiger partial charge on any atom is -0.381 e. The third kappa shape index (κ3) is 4.76. The molecule has 0 saturated carbocycles. The van der Waals surface area contributed by atoms with Crippen molar-refractivity contribution in [2.45, 2.75) is 18.2 Å². The van der Waals surface area contributed by atoms with Crippen molar-refractivity contribution in [1.29, 1.82) is 0 Å². The molecule has 0 spiro atoms. The third-order valence-corrected chi connectivity index (χ3v) is 6.08. The lowest BCUT2D eigenvalue weighted by Gasteiger charge is -2.34. The fourth-order valence-electron chi connectivity index (χ4n) is 2.42. The summed E-state index contributed by atoms with van der Waals surface area (Å²) in [4.78, 5) is 14.0. The maximum atomic E-state index is 12.6. The van der Waals surface area contributed by atoms with E-state index in [0.29, 0.717) is 45.8 Å². The number of carbonyl (C=O) groups is 1. The van der Waals surface area contributed by atoms with E-state index >= 15 is 0 Å². The third-order valence-electron chi connectivity index (χ3n) is 3.69. The fourth-order valence-corrected chi connectivity index (χ4v) is 4.44. The highest BCUT2D eigenvalue weighted by atomic mass is 79.9. The van der Waals surface area contributed by atoms with Crippen LogP contribution in [0, 0.1) is 0 Å². The standard InChI is InChI=1S/C15H21BrN2O4S/c1-2-22-11-6-15(19)17-7-9-18(10-8-17)23(20,21)14-5-3-4-13(16)12-14/h3-5,12H,2,6-11H2,1H3. The highest BCUT2D eigenvalue weighted by Gasteiger charge is 2.29. The molecule has 0 bridgehead atoms.